The second-order valence-corrected chi connectivity index (χ2v) is 12.6. The van der Waals surface area contributed by atoms with Crippen LogP contribution < -0.4 is 31.8 Å². The van der Waals surface area contributed by atoms with E-state index in [0.717, 1.165) is 36.8 Å². The fourth-order valence-electron chi connectivity index (χ4n) is 6.76. The smallest absolute Gasteiger partial charge is 0.200 e. The number of nitrogens with one attached hydrogen (secondary N) is 1. The van der Waals surface area contributed by atoms with E-state index in [9.17, 15) is 20.2 Å². The number of fused-ring (bicyclic) bond motifs is 3. The summed E-state index contributed by atoms with van der Waals surface area (Å²) in [7, 11) is 0. The highest BCUT2D eigenvalue weighted by Crippen LogP contribution is 2.49. The fourth-order valence-corrected chi connectivity index (χ4v) is 6.76. The van der Waals surface area contributed by atoms with E-state index in [-0.39, 0.29) is 47.7 Å². The summed E-state index contributed by atoms with van der Waals surface area (Å²) in [6.07, 6.45) is 4.62. The van der Waals surface area contributed by atoms with Gasteiger partial charge in [0.1, 0.15) is 39.9 Å². The SMILES string of the molecule is CC(C)(O)C1Cc2c(cc3oc4c(c(=O)c3c2OC2CCCC2)C(c2ccc(NO)cc2)CCC4(O)CCN=C(N)N)O1. The van der Waals surface area contributed by atoms with E-state index in [0.29, 0.717) is 47.4 Å². The zero-order chi connectivity index (χ0) is 30.5. The number of rotatable bonds is 8. The van der Waals surface area contributed by atoms with Crippen molar-refractivity contribution in [1.29, 1.82) is 0 Å². The van der Waals surface area contributed by atoms with Crippen LogP contribution in [0.5, 0.6) is 11.5 Å². The standard InChI is InChI=1S/C32H40N4O7/c1-31(2,38)24-15-21-22(42-24)16-23-26(28(21)41-19-5-3-4-6-19)27(37)25-20(17-7-9-18(36-40)10-8-17)11-12-32(39,29(25)43-23)13-14-35-30(33)34/h7-10,16,19-20,24,36,38-40H,3-6,11-15H2,1-2H3,(H4,33,34,35). The number of hydrogen-bond acceptors (Lipinski definition) is 9. The van der Waals surface area contributed by atoms with Crippen molar-refractivity contribution >= 4 is 22.6 Å². The molecule has 3 atom stereocenters. The molecule has 2 aromatic carbocycles. The Morgan fingerprint density at radius 3 is 2.56 bits per heavy atom. The topological polar surface area (TPSA) is 186 Å². The van der Waals surface area contributed by atoms with E-state index in [1.54, 1.807) is 32.0 Å². The van der Waals surface area contributed by atoms with Crippen molar-refractivity contribution in [1.82, 2.24) is 0 Å². The minimum atomic E-state index is -1.49. The molecule has 0 spiro atoms. The van der Waals surface area contributed by atoms with Crippen LogP contribution in [-0.4, -0.2) is 45.7 Å². The van der Waals surface area contributed by atoms with Crippen LogP contribution in [0.2, 0.25) is 0 Å². The largest absolute Gasteiger partial charge is 0.489 e. The Kier molecular flexibility index (Phi) is 7.52. The molecule has 0 radical (unpaired) electrons. The monoisotopic (exact) mass is 592 g/mol. The molecule has 1 fully saturated rings. The highest BCUT2D eigenvalue weighted by molar-refractivity contribution is 5.89. The maximum atomic E-state index is 14.8. The predicted molar refractivity (Wildman–Crippen MR) is 162 cm³/mol. The van der Waals surface area contributed by atoms with Gasteiger partial charge in [-0.05, 0) is 70.1 Å². The molecule has 0 bridgehead atoms. The summed E-state index contributed by atoms with van der Waals surface area (Å²) >= 11 is 0. The highest BCUT2D eigenvalue weighted by atomic mass is 16.5. The van der Waals surface area contributed by atoms with Crippen LogP contribution >= 0.6 is 0 Å². The number of ether oxygens (including phenoxy) is 2. The van der Waals surface area contributed by atoms with Crippen molar-refractivity contribution < 1.29 is 29.3 Å². The molecule has 1 aromatic heterocycles. The van der Waals surface area contributed by atoms with Gasteiger partial charge in [-0.2, -0.15) is 0 Å². The maximum absolute atomic E-state index is 14.8. The molecule has 230 valence electrons. The van der Waals surface area contributed by atoms with Gasteiger partial charge >= 0.3 is 0 Å². The predicted octanol–water partition coefficient (Wildman–Crippen LogP) is 3.77. The van der Waals surface area contributed by atoms with Crippen molar-refractivity contribution in [3.05, 3.63) is 63.0 Å². The molecule has 0 amide bonds. The number of guanidine groups is 1. The van der Waals surface area contributed by atoms with Gasteiger partial charge in [0, 0.05) is 42.5 Å². The number of benzene rings is 2. The van der Waals surface area contributed by atoms with Gasteiger partial charge in [0.25, 0.3) is 0 Å². The number of hydrogen-bond donors (Lipinski definition) is 6. The normalized spacial score (nSPS) is 23.5. The third-order valence-corrected chi connectivity index (χ3v) is 9.15. The molecule has 3 unspecified atom stereocenters. The van der Waals surface area contributed by atoms with Crippen LogP contribution in [-0.2, 0) is 12.0 Å². The number of nitrogens with two attached hydrogens (primary N) is 2. The summed E-state index contributed by atoms with van der Waals surface area (Å²) < 4.78 is 19.4. The summed E-state index contributed by atoms with van der Waals surface area (Å²) in [5, 5.41) is 32.4. The molecule has 8 N–H and O–H groups in total. The maximum Gasteiger partial charge on any atom is 0.200 e. The molecule has 6 rings (SSSR count). The van der Waals surface area contributed by atoms with Crippen LogP contribution in [0.25, 0.3) is 11.0 Å². The first kappa shape index (κ1) is 29.3. The molecule has 2 heterocycles. The molecule has 1 saturated carbocycles. The Labute approximate surface area is 249 Å². The Bertz CT molecular complexity index is 1600. The zero-order valence-electron chi connectivity index (χ0n) is 24.6. The van der Waals surface area contributed by atoms with Gasteiger partial charge in [0.05, 0.1) is 17.4 Å². The molecule has 1 aliphatic heterocycles. The third-order valence-electron chi connectivity index (χ3n) is 9.15. The van der Waals surface area contributed by atoms with Gasteiger partial charge in [-0.15, -0.1) is 0 Å². The average Bonchev–Trinajstić information content (AvgIpc) is 3.64. The lowest BCUT2D eigenvalue weighted by atomic mass is 9.73. The first-order chi connectivity index (χ1) is 20.5. The third kappa shape index (κ3) is 5.41. The Morgan fingerprint density at radius 1 is 1.19 bits per heavy atom. The molecule has 11 nitrogen and oxygen atoms in total. The molecule has 43 heavy (non-hydrogen) atoms. The van der Waals surface area contributed by atoms with E-state index in [1.165, 1.54) is 0 Å². The van der Waals surface area contributed by atoms with Crippen LogP contribution in [0.15, 0.2) is 44.5 Å². The fraction of sp³-hybridized carbons (Fsp3) is 0.500. The lowest BCUT2D eigenvalue weighted by Crippen LogP contribution is -2.39. The first-order valence-electron chi connectivity index (χ1n) is 15.0. The summed E-state index contributed by atoms with van der Waals surface area (Å²) in [5.74, 6) is 0.660. The Morgan fingerprint density at radius 2 is 1.91 bits per heavy atom. The van der Waals surface area contributed by atoms with E-state index in [4.69, 9.17) is 25.4 Å². The zero-order valence-corrected chi connectivity index (χ0v) is 24.6. The second-order valence-electron chi connectivity index (χ2n) is 12.6. The Balaban J connectivity index is 1.58. The lowest BCUT2D eigenvalue weighted by molar-refractivity contribution is -0.0230. The highest BCUT2D eigenvalue weighted by Gasteiger charge is 2.45. The van der Waals surface area contributed by atoms with Crippen molar-refractivity contribution in [2.24, 2.45) is 16.5 Å². The molecule has 3 aliphatic rings. The van der Waals surface area contributed by atoms with E-state index >= 15 is 0 Å². The summed E-state index contributed by atoms with van der Waals surface area (Å²) in [6.45, 7) is 3.54. The summed E-state index contributed by atoms with van der Waals surface area (Å²) in [4.78, 5) is 18.8. The van der Waals surface area contributed by atoms with Crippen LogP contribution in [0, 0.1) is 0 Å². The van der Waals surface area contributed by atoms with Gasteiger partial charge in [-0.3, -0.25) is 20.5 Å². The minimum Gasteiger partial charge on any atom is -0.489 e. The minimum absolute atomic E-state index is 0.0443. The van der Waals surface area contributed by atoms with Gasteiger partial charge in [0.2, 0.25) is 5.43 Å². The van der Waals surface area contributed by atoms with Gasteiger partial charge in [-0.1, -0.05) is 12.1 Å². The van der Waals surface area contributed by atoms with Crippen molar-refractivity contribution in [2.75, 3.05) is 12.0 Å². The first-order valence-corrected chi connectivity index (χ1v) is 15.0. The van der Waals surface area contributed by atoms with E-state index in [1.807, 2.05) is 12.1 Å². The number of aliphatic imine (C=N–C) groups is 1. The van der Waals surface area contributed by atoms with E-state index in [2.05, 4.69) is 10.5 Å². The van der Waals surface area contributed by atoms with Crippen LogP contribution in [0.3, 0.4) is 0 Å². The molecule has 2 aliphatic carbocycles. The van der Waals surface area contributed by atoms with Gasteiger partial charge in [-0.25, -0.2) is 0 Å². The molecular weight excluding hydrogens is 552 g/mol. The molecule has 11 heteroatoms. The van der Waals surface area contributed by atoms with E-state index < -0.39 is 17.3 Å². The van der Waals surface area contributed by atoms with Crippen LogP contribution in [0.1, 0.15) is 87.2 Å². The number of nitrogens with zero attached hydrogens (tertiary/aromatic N) is 1. The van der Waals surface area contributed by atoms with Gasteiger partial charge < -0.3 is 35.6 Å². The average molecular weight is 593 g/mol. The molecule has 0 saturated heterocycles. The summed E-state index contributed by atoms with van der Waals surface area (Å²) in [5.41, 5.74) is 13.1. The van der Waals surface area contributed by atoms with Crippen molar-refractivity contribution in [3.8, 4) is 11.5 Å². The quantitative estimate of drug-likeness (QED) is 0.128. The van der Waals surface area contributed by atoms with Crippen molar-refractivity contribution in [3.63, 3.8) is 0 Å². The number of aliphatic hydroxyl groups is 2. The lowest BCUT2D eigenvalue weighted by Gasteiger charge is -2.36. The van der Waals surface area contributed by atoms with Crippen LogP contribution in [0.4, 0.5) is 5.69 Å². The van der Waals surface area contributed by atoms with Crippen molar-refractivity contribution in [2.45, 2.75) is 94.5 Å². The number of anilines is 1. The Hall–Kier alpha value is -3.80. The molecular formula is C32H40N4O7. The summed E-state index contributed by atoms with van der Waals surface area (Å²) in [6, 6.07) is 8.84. The second kappa shape index (κ2) is 11.0. The van der Waals surface area contributed by atoms with Gasteiger partial charge in [0.15, 0.2) is 5.96 Å². The molecule has 3 aromatic rings.